The molecule has 2 heterocycles. The smallest absolute Gasteiger partial charge is 0.266 e. The maximum atomic E-state index is 12.8. The summed E-state index contributed by atoms with van der Waals surface area (Å²) >= 11 is 8.04. The van der Waals surface area contributed by atoms with Crippen molar-refractivity contribution in [2.24, 2.45) is 4.99 Å². The van der Waals surface area contributed by atoms with E-state index in [1.165, 1.54) is 23.0 Å². The second kappa shape index (κ2) is 7.78. The van der Waals surface area contributed by atoms with Gasteiger partial charge in [0.25, 0.3) is 5.91 Å². The first-order valence-electron chi connectivity index (χ1n) is 10.1. The molecule has 0 saturated carbocycles. The van der Waals surface area contributed by atoms with Crippen LogP contribution in [0.25, 0.3) is 6.08 Å². The topological polar surface area (TPSA) is 35.9 Å². The van der Waals surface area contributed by atoms with Crippen LogP contribution in [-0.4, -0.2) is 35.6 Å². The van der Waals surface area contributed by atoms with E-state index in [1.807, 2.05) is 42.5 Å². The summed E-state index contributed by atoms with van der Waals surface area (Å²) in [5, 5.41) is 1.32. The summed E-state index contributed by atoms with van der Waals surface area (Å²) < 4.78 is 0. The number of carbonyl (C=O) groups is 1. The number of amides is 1. The molecule has 6 heteroatoms. The van der Waals surface area contributed by atoms with Crippen LogP contribution < -0.4 is 4.90 Å². The summed E-state index contributed by atoms with van der Waals surface area (Å²) in [6.45, 7) is 6.77. The average Bonchev–Trinajstić information content (AvgIpc) is 2.96. The molecule has 156 valence electrons. The molecule has 0 spiro atoms. The molecule has 1 fully saturated rings. The molecular weight excluding hydrogens is 414 g/mol. The summed E-state index contributed by atoms with van der Waals surface area (Å²) in [6, 6.07) is 13.8. The number of likely N-dealkylation sites (N-methyl/N-ethyl adjacent to an activating group) is 1. The van der Waals surface area contributed by atoms with Gasteiger partial charge in [-0.3, -0.25) is 9.69 Å². The number of carbonyl (C=O) groups excluding carboxylic acids is 1. The van der Waals surface area contributed by atoms with Crippen LogP contribution in [0.2, 0.25) is 5.02 Å². The summed E-state index contributed by atoms with van der Waals surface area (Å²) in [6.07, 6.45) is 2.96. The number of rotatable bonds is 2. The van der Waals surface area contributed by atoms with E-state index in [2.05, 4.69) is 43.8 Å². The average molecular weight is 440 g/mol. The number of aliphatic imine (C=N–C) groups is 1. The third-order valence-electron chi connectivity index (χ3n) is 6.02. The van der Waals surface area contributed by atoms with Gasteiger partial charge in [-0.15, -0.1) is 0 Å². The zero-order valence-corrected chi connectivity index (χ0v) is 19.5. The second-order valence-electron chi connectivity index (χ2n) is 8.61. The number of fused-ring (bicyclic) bond motifs is 1. The molecule has 0 bridgehead atoms. The van der Waals surface area contributed by atoms with E-state index in [1.54, 1.807) is 11.9 Å². The molecule has 4 nitrogen and oxygen atoms in total. The van der Waals surface area contributed by atoms with Crippen molar-refractivity contribution >= 4 is 51.9 Å². The van der Waals surface area contributed by atoms with Gasteiger partial charge in [0, 0.05) is 30.3 Å². The van der Waals surface area contributed by atoms with E-state index in [4.69, 9.17) is 11.6 Å². The first-order valence-corrected chi connectivity index (χ1v) is 11.3. The van der Waals surface area contributed by atoms with Gasteiger partial charge in [-0.05, 0) is 79.4 Å². The van der Waals surface area contributed by atoms with Crippen molar-refractivity contribution in [2.45, 2.75) is 38.6 Å². The number of hydrogen-bond acceptors (Lipinski definition) is 4. The Hall–Kier alpha value is -2.24. The summed E-state index contributed by atoms with van der Waals surface area (Å²) in [4.78, 5) is 22.0. The molecule has 0 aliphatic carbocycles. The molecule has 0 N–H and O–H groups in total. The Morgan fingerprint density at radius 3 is 2.60 bits per heavy atom. The van der Waals surface area contributed by atoms with E-state index in [-0.39, 0.29) is 11.4 Å². The number of amidine groups is 1. The monoisotopic (exact) mass is 439 g/mol. The number of halogens is 1. The van der Waals surface area contributed by atoms with Crippen LogP contribution in [0.1, 0.15) is 44.2 Å². The van der Waals surface area contributed by atoms with Gasteiger partial charge in [0.15, 0.2) is 5.17 Å². The zero-order valence-electron chi connectivity index (χ0n) is 17.9. The molecule has 2 aliphatic heterocycles. The molecule has 2 aromatic carbocycles. The molecule has 0 aromatic heterocycles. The lowest BCUT2D eigenvalue weighted by Gasteiger charge is -2.45. The summed E-state index contributed by atoms with van der Waals surface area (Å²) in [7, 11) is 3.88. The molecule has 1 atom stereocenters. The van der Waals surface area contributed by atoms with Crippen molar-refractivity contribution < 1.29 is 4.79 Å². The van der Waals surface area contributed by atoms with Crippen LogP contribution in [0, 0.1) is 0 Å². The number of nitrogens with zero attached hydrogens (tertiary/aromatic N) is 3. The number of anilines is 1. The lowest BCUT2D eigenvalue weighted by molar-refractivity contribution is -0.121. The quantitative estimate of drug-likeness (QED) is 0.515. The third-order valence-corrected chi connectivity index (χ3v) is 7.41. The van der Waals surface area contributed by atoms with Crippen LogP contribution in [0.5, 0.6) is 0 Å². The summed E-state index contributed by atoms with van der Waals surface area (Å²) in [5.41, 5.74) is 4.22. The molecule has 0 unspecified atom stereocenters. The van der Waals surface area contributed by atoms with Gasteiger partial charge >= 0.3 is 0 Å². The van der Waals surface area contributed by atoms with Crippen molar-refractivity contribution in [3.63, 3.8) is 0 Å². The highest BCUT2D eigenvalue weighted by Gasteiger charge is 2.35. The summed E-state index contributed by atoms with van der Waals surface area (Å²) in [5.74, 6) is 0.361. The minimum atomic E-state index is -0.0604. The Labute approximate surface area is 187 Å². The van der Waals surface area contributed by atoms with Gasteiger partial charge in [-0.1, -0.05) is 36.7 Å². The van der Waals surface area contributed by atoms with Gasteiger partial charge in [-0.25, -0.2) is 4.99 Å². The third kappa shape index (κ3) is 3.77. The van der Waals surface area contributed by atoms with E-state index < -0.39 is 0 Å². The fourth-order valence-corrected chi connectivity index (χ4v) is 5.31. The predicted octanol–water partition coefficient (Wildman–Crippen LogP) is 6.30. The Bertz CT molecular complexity index is 1060. The predicted molar refractivity (Wildman–Crippen MR) is 129 cm³/mol. The molecule has 30 heavy (non-hydrogen) atoms. The lowest BCUT2D eigenvalue weighted by atomic mass is 9.80. The number of para-hydroxylation sites is 1. The maximum absolute atomic E-state index is 12.8. The Kier molecular flexibility index (Phi) is 5.45. The van der Waals surface area contributed by atoms with E-state index in [9.17, 15) is 4.79 Å². The van der Waals surface area contributed by atoms with Crippen LogP contribution in [0.15, 0.2) is 52.4 Å². The van der Waals surface area contributed by atoms with Crippen LogP contribution in [0.4, 0.5) is 11.4 Å². The van der Waals surface area contributed by atoms with Crippen LogP contribution in [-0.2, 0) is 4.79 Å². The van der Waals surface area contributed by atoms with Crippen molar-refractivity contribution in [3.8, 4) is 0 Å². The largest absolute Gasteiger partial charge is 0.369 e. The highest BCUT2D eigenvalue weighted by atomic mass is 35.5. The van der Waals surface area contributed by atoms with Crippen LogP contribution in [0.3, 0.4) is 0 Å². The highest BCUT2D eigenvalue weighted by Crippen LogP contribution is 2.45. The molecule has 0 radical (unpaired) electrons. The van der Waals surface area contributed by atoms with Crippen molar-refractivity contribution in [1.82, 2.24) is 4.90 Å². The van der Waals surface area contributed by atoms with Crippen molar-refractivity contribution in [1.29, 1.82) is 0 Å². The van der Waals surface area contributed by atoms with Crippen LogP contribution >= 0.6 is 23.4 Å². The second-order valence-corrected chi connectivity index (χ2v) is 10.0. The van der Waals surface area contributed by atoms with Gasteiger partial charge in [0.2, 0.25) is 0 Å². The molecule has 1 saturated heterocycles. The maximum Gasteiger partial charge on any atom is 0.266 e. The number of benzene rings is 2. The lowest BCUT2D eigenvalue weighted by Crippen LogP contribution is -2.45. The minimum Gasteiger partial charge on any atom is -0.369 e. The van der Waals surface area contributed by atoms with Crippen molar-refractivity contribution in [2.75, 3.05) is 19.0 Å². The van der Waals surface area contributed by atoms with E-state index in [0.717, 1.165) is 17.7 Å². The Balaban J connectivity index is 1.70. The normalized spacial score (nSPS) is 23.4. The first-order chi connectivity index (χ1) is 14.2. The molecular formula is C24H26ClN3OS. The number of hydrogen-bond donors (Lipinski definition) is 0. The zero-order chi connectivity index (χ0) is 21.6. The van der Waals surface area contributed by atoms with E-state index in [0.29, 0.717) is 21.0 Å². The highest BCUT2D eigenvalue weighted by molar-refractivity contribution is 8.18. The SMILES string of the molecule is C[C@@H]1CC(C)(C)N(C)c2cc(Cl)c(/C=C3\SC(=Nc4ccccc4)N(C)C3=O)cc21. The molecule has 1 amide bonds. The van der Waals surface area contributed by atoms with Gasteiger partial charge in [0.05, 0.1) is 10.6 Å². The van der Waals surface area contributed by atoms with Gasteiger partial charge < -0.3 is 4.90 Å². The molecule has 2 aliphatic rings. The van der Waals surface area contributed by atoms with Crippen molar-refractivity contribution in [3.05, 3.63) is 63.5 Å². The van der Waals surface area contributed by atoms with E-state index >= 15 is 0 Å². The standard InChI is InChI=1S/C24H26ClN3OS/c1-15-14-24(2,3)28(5)20-13-19(25)16(11-18(15)20)12-21-22(29)27(4)23(30-21)26-17-9-7-6-8-10-17/h6-13,15H,14H2,1-5H3/b21-12-,26-23?/t15-/m1/s1. The Morgan fingerprint density at radius 2 is 1.90 bits per heavy atom. The molecule has 4 rings (SSSR count). The number of thioether (sulfide) groups is 1. The van der Waals surface area contributed by atoms with Gasteiger partial charge in [-0.2, -0.15) is 0 Å². The fraction of sp³-hybridized carbons (Fsp3) is 0.333. The minimum absolute atomic E-state index is 0.0604. The fourth-order valence-electron chi connectivity index (χ4n) is 4.12. The van der Waals surface area contributed by atoms with Gasteiger partial charge in [0.1, 0.15) is 0 Å². The molecule has 2 aromatic rings. The first kappa shape index (κ1) is 21.0. The Morgan fingerprint density at radius 1 is 1.20 bits per heavy atom.